The molecule has 2 unspecified atom stereocenters. The molecule has 8 aromatic heterocycles. The summed E-state index contributed by atoms with van der Waals surface area (Å²) in [6.07, 6.45) is 34.9. The van der Waals surface area contributed by atoms with Crippen LogP contribution in [0.25, 0.3) is 82.5 Å². The first-order valence-electron chi connectivity index (χ1n) is 47.8. The maximum atomic E-state index is 15.2. The van der Waals surface area contributed by atoms with Crippen molar-refractivity contribution in [2.24, 2.45) is 11.8 Å². The number of unbranched alkanes of at least 4 members (excludes halogenated alkanes) is 14. The lowest BCUT2D eigenvalue weighted by Gasteiger charge is -2.35. The Morgan fingerprint density at radius 1 is 0.362 bits per heavy atom. The van der Waals surface area contributed by atoms with E-state index in [4.69, 9.17) is 9.47 Å². The number of carbonyl (C=O) groups excluding carboxylic acids is 2. The van der Waals surface area contributed by atoms with Gasteiger partial charge in [0.1, 0.15) is 46.9 Å². The molecule has 130 heavy (non-hydrogen) atoms. The maximum absolute atomic E-state index is 15.2. The van der Waals surface area contributed by atoms with Gasteiger partial charge in [0, 0.05) is 72.1 Å². The molecule has 0 bridgehead atoms. The fraction of sp³-hybridized carbons (Fsp3) is 0.368. The topological polar surface area (TPSA) is 148 Å². The smallest absolute Gasteiger partial charge is 0.204 e. The van der Waals surface area contributed by atoms with Gasteiger partial charge in [-0.2, -0.15) is 21.0 Å². The first-order chi connectivity index (χ1) is 63.7. The molecule has 17 rings (SSSR count). The van der Waals surface area contributed by atoms with Crippen LogP contribution in [0.1, 0.15) is 316 Å². The molecule has 4 aliphatic carbocycles. The van der Waals surface area contributed by atoms with Gasteiger partial charge in [0.2, 0.25) is 11.6 Å². The molecule has 5 aromatic carbocycles. The molecule has 13 aromatic rings. The molecule has 4 aliphatic rings. The largest absolute Gasteiger partial charge is 0.492 e. The number of Topliss-reactive ketones (excluding diaryl/α,β-unsaturated/α-hetero) is 2. The molecule has 2 atom stereocenters. The van der Waals surface area contributed by atoms with Crippen molar-refractivity contribution in [3.05, 3.63) is 276 Å². The zero-order chi connectivity index (χ0) is 90.2. The molecular formula is C114H114N4O4S8. The molecule has 8 nitrogen and oxygen atoms in total. The van der Waals surface area contributed by atoms with Crippen LogP contribution in [-0.2, 0) is 36.5 Å². The summed E-state index contributed by atoms with van der Waals surface area (Å²) >= 11 is 12.9. The second kappa shape index (κ2) is 41.5. The van der Waals surface area contributed by atoms with Gasteiger partial charge in [0.05, 0.1) is 53.0 Å². The monoisotopic (exact) mass is 1860 g/mol. The third-order valence-electron chi connectivity index (χ3n) is 27.5. The molecule has 0 saturated carbocycles. The van der Waals surface area contributed by atoms with Crippen molar-refractivity contribution in [2.45, 2.75) is 246 Å². The number of nitrogens with zero attached hydrogens (tertiary/aromatic N) is 4. The molecular weight excluding hydrogens is 1750 g/mol. The number of hydrogen-bond donors (Lipinski definition) is 0. The number of nitriles is 4. The summed E-state index contributed by atoms with van der Waals surface area (Å²) in [5.74, 6) is 1.79. The second-order valence-electron chi connectivity index (χ2n) is 35.9. The lowest BCUT2D eigenvalue weighted by atomic mass is 9.65. The zero-order valence-corrected chi connectivity index (χ0v) is 82.8. The second-order valence-corrected chi connectivity index (χ2v) is 44.1. The Bertz CT molecular complexity index is 6110. The van der Waals surface area contributed by atoms with E-state index < -0.39 is 10.8 Å². The Labute approximate surface area is 800 Å². The van der Waals surface area contributed by atoms with Gasteiger partial charge in [-0.05, 0) is 225 Å². The van der Waals surface area contributed by atoms with Crippen molar-refractivity contribution in [3.8, 4) is 76.2 Å². The van der Waals surface area contributed by atoms with Crippen LogP contribution in [0.15, 0.2) is 179 Å². The highest BCUT2D eigenvalue weighted by Gasteiger charge is 2.54. The molecule has 0 fully saturated rings. The van der Waals surface area contributed by atoms with Crippen molar-refractivity contribution in [3.63, 3.8) is 0 Å². The minimum Gasteiger partial charge on any atom is -0.492 e. The minimum absolute atomic E-state index is 0.0718. The molecule has 16 heteroatoms. The summed E-state index contributed by atoms with van der Waals surface area (Å²) in [7, 11) is 0. The number of ketones is 2. The Balaban J connectivity index is 0.935. The van der Waals surface area contributed by atoms with Crippen molar-refractivity contribution >= 4 is 144 Å². The van der Waals surface area contributed by atoms with Crippen molar-refractivity contribution < 1.29 is 19.1 Å². The van der Waals surface area contributed by atoms with Gasteiger partial charge in [-0.1, -0.05) is 268 Å². The van der Waals surface area contributed by atoms with E-state index in [1.54, 1.807) is 22.7 Å². The van der Waals surface area contributed by atoms with Gasteiger partial charge in [-0.25, -0.2) is 0 Å². The van der Waals surface area contributed by atoms with Crippen LogP contribution >= 0.6 is 90.7 Å². The standard InChI is InChI=1S/C114H114N4O4S8/c1-9-17-23-27-33-73-37-45-79(46-38-73)113(80-47-39-74(40-48-80)34-28-24-18-10-2)89-61-86-90(62-85(89)105-91(113)63-97(129-105)107-93(121-69-71(15-7)31-21-13-5)59-83(125-107)57-87-99(77(65-115)66-116)101-109-95(53-55-123-109)127-111(101)103(87)119)114(81-49-41-75(42-50-81)35-29-25-19-11-3,82-51-43-76(44-52-82)36-30-26-20-12-4)92-64-98(130-106(86)92)108-94(122-70-72(16-8)32-22-14-6)60-84(126-108)58-88-100(78(67-117)68-118)102-110-96(54-56-124-110)128-112(102)104(88)120/h37-64,71-72H,9-36,69-70H2,1-8H3/b87-57-,88-58-. The zero-order valence-electron chi connectivity index (χ0n) is 76.2. The Morgan fingerprint density at radius 2 is 0.692 bits per heavy atom. The van der Waals surface area contributed by atoms with Crippen LogP contribution < -0.4 is 9.47 Å². The van der Waals surface area contributed by atoms with Gasteiger partial charge in [-0.15, -0.1) is 90.7 Å². The normalized spacial score (nSPS) is 14.8. The highest BCUT2D eigenvalue weighted by molar-refractivity contribution is 7.30. The number of aryl methyl sites for hydroxylation is 4. The van der Waals surface area contributed by atoms with E-state index in [9.17, 15) is 21.0 Å². The summed E-state index contributed by atoms with van der Waals surface area (Å²) in [6, 6.07) is 66.4. The number of carbonyl (C=O) groups is 2. The maximum Gasteiger partial charge on any atom is 0.204 e. The van der Waals surface area contributed by atoms with E-state index in [1.165, 1.54) is 210 Å². The Morgan fingerprint density at radius 3 is 1.00 bits per heavy atom. The number of fused-ring (bicyclic) bond motifs is 12. The minimum atomic E-state index is -0.881. The van der Waals surface area contributed by atoms with E-state index in [0.29, 0.717) is 68.2 Å². The van der Waals surface area contributed by atoms with Crippen LogP contribution in [-0.4, -0.2) is 24.8 Å². The van der Waals surface area contributed by atoms with E-state index >= 15 is 9.59 Å². The van der Waals surface area contributed by atoms with Crippen molar-refractivity contribution in [2.75, 3.05) is 13.2 Å². The third-order valence-corrected chi connectivity index (χ3v) is 36.8. The summed E-state index contributed by atoms with van der Waals surface area (Å²) in [4.78, 5) is 39.5. The Hall–Kier alpha value is -9.92. The van der Waals surface area contributed by atoms with Gasteiger partial charge in [-0.3, -0.25) is 9.59 Å². The van der Waals surface area contributed by atoms with Gasteiger partial charge < -0.3 is 9.47 Å². The highest BCUT2D eigenvalue weighted by atomic mass is 32.1. The summed E-state index contributed by atoms with van der Waals surface area (Å²) in [6.45, 7) is 19.2. The van der Waals surface area contributed by atoms with Gasteiger partial charge in [0.25, 0.3) is 0 Å². The summed E-state index contributed by atoms with van der Waals surface area (Å²) < 4.78 is 18.5. The van der Waals surface area contributed by atoms with Crippen molar-refractivity contribution in [1.82, 2.24) is 0 Å². The number of ether oxygens (including phenoxy) is 2. The van der Waals surface area contributed by atoms with Crippen LogP contribution in [0.3, 0.4) is 0 Å². The van der Waals surface area contributed by atoms with Crippen molar-refractivity contribution in [1.29, 1.82) is 21.0 Å². The molecule has 0 spiro atoms. The molecule has 0 amide bonds. The van der Waals surface area contributed by atoms with Gasteiger partial charge >= 0.3 is 0 Å². The third kappa shape index (κ3) is 17.5. The number of thiophene rings is 8. The molecule has 8 heterocycles. The lowest BCUT2D eigenvalue weighted by molar-refractivity contribution is 0.103. The van der Waals surface area contributed by atoms with Gasteiger partial charge in [0.15, 0.2) is 0 Å². The molecule has 662 valence electrons. The molecule has 0 radical (unpaired) electrons. The van der Waals surface area contributed by atoms with E-state index in [2.05, 4.69) is 213 Å². The van der Waals surface area contributed by atoms with Crippen LogP contribution in [0.4, 0.5) is 0 Å². The van der Waals surface area contributed by atoms with E-state index in [0.717, 1.165) is 162 Å². The van der Waals surface area contributed by atoms with E-state index in [1.807, 2.05) is 57.7 Å². The summed E-state index contributed by atoms with van der Waals surface area (Å²) in [5.41, 5.74) is 18.3. The van der Waals surface area contributed by atoms with Crippen LogP contribution in [0.5, 0.6) is 11.5 Å². The fourth-order valence-corrected chi connectivity index (χ4v) is 29.8. The molecule has 0 N–H and O–H groups in total. The quantitative estimate of drug-likeness (QED) is 0.0209. The number of rotatable bonds is 42. The number of allylic oxidation sites excluding steroid dienone is 6. The highest BCUT2D eigenvalue weighted by Crippen LogP contribution is 2.68. The number of hydrogen-bond acceptors (Lipinski definition) is 16. The van der Waals surface area contributed by atoms with E-state index in [-0.39, 0.29) is 22.7 Å². The summed E-state index contributed by atoms with van der Waals surface area (Å²) in [5, 5.41) is 47.1. The first kappa shape index (κ1) is 92.0. The average molecular weight is 1860 g/mol. The molecule has 0 aliphatic heterocycles. The molecule has 0 saturated heterocycles. The number of benzene rings is 5. The average Bonchev–Trinajstić information content (AvgIpc) is 1.49. The SMILES string of the molecule is CCCCCCc1ccc(C2(c3ccc(CCCCCC)cc3)c3cc4c(cc3-c3sc(-c5sc(/C=C6\C(=O)c7sc8ccsc8c7C6=C(C#N)C#N)cc5OCC(CC)CCCC)cc32)C(c2ccc(CCCCCC)cc2)(c2ccc(CCCCCC)cc2)c2cc(-c3sc(/C=C5\C(=O)c6sc7ccsc7c6C5=C(C#N)C#N)cc3OCC(CC)CCCC)sc2-4)cc1. The lowest BCUT2D eigenvalue weighted by Crippen LogP contribution is -2.30. The Kier molecular flexibility index (Phi) is 29.3. The van der Waals surface area contributed by atoms with Crippen LogP contribution in [0.2, 0.25) is 0 Å². The predicted molar refractivity (Wildman–Crippen MR) is 553 cm³/mol. The fourth-order valence-electron chi connectivity index (χ4n) is 20.3. The first-order valence-corrected chi connectivity index (χ1v) is 54.4. The van der Waals surface area contributed by atoms with Crippen LogP contribution in [0, 0.1) is 57.2 Å². The predicted octanol–water partition coefficient (Wildman–Crippen LogP) is 34.4.